The van der Waals surface area contributed by atoms with Crippen molar-refractivity contribution in [1.29, 1.82) is 0 Å². The van der Waals surface area contributed by atoms with Crippen LogP contribution in [-0.4, -0.2) is 37.3 Å². The topological polar surface area (TPSA) is 49.7 Å². The third-order valence-corrected chi connectivity index (χ3v) is 11.6. The molecule has 2 N–H and O–H groups in total. The summed E-state index contributed by atoms with van der Waals surface area (Å²) in [6.07, 6.45) is 0.427. The zero-order valence-electron chi connectivity index (χ0n) is 20.0. The van der Waals surface area contributed by atoms with E-state index < -0.39 is 20.5 Å². The first-order chi connectivity index (χ1) is 14.6. The second kappa shape index (κ2) is 10.7. The van der Waals surface area contributed by atoms with Crippen molar-refractivity contribution in [3.63, 3.8) is 0 Å². The van der Waals surface area contributed by atoms with Gasteiger partial charge in [0.2, 0.25) is 0 Å². The van der Waals surface area contributed by atoms with E-state index in [0.29, 0.717) is 6.61 Å². The first-order valence-corrected chi connectivity index (χ1v) is 13.2. The Balaban J connectivity index is 2.38. The molecule has 0 aliphatic carbocycles. The van der Waals surface area contributed by atoms with Gasteiger partial charge in [-0.25, -0.2) is 0 Å². The van der Waals surface area contributed by atoms with Gasteiger partial charge in [0.05, 0.1) is 12.2 Å². The molecule has 170 valence electrons. The van der Waals surface area contributed by atoms with E-state index in [2.05, 4.69) is 75.9 Å². The summed E-state index contributed by atoms with van der Waals surface area (Å²) in [6.45, 7) is 16.8. The smallest absolute Gasteiger partial charge is 0.261 e. The van der Waals surface area contributed by atoms with Gasteiger partial charge >= 0.3 is 0 Å². The molecular formula is C27H40O3Si. The van der Waals surface area contributed by atoms with Crippen LogP contribution in [0.1, 0.15) is 41.5 Å². The van der Waals surface area contributed by atoms with Crippen molar-refractivity contribution >= 4 is 18.7 Å². The zero-order valence-corrected chi connectivity index (χ0v) is 21.0. The van der Waals surface area contributed by atoms with Crippen LogP contribution in [0.25, 0.3) is 0 Å². The van der Waals surface area contributed by atoms with Gasteiger partial charge in [0.25, 0.3) is 8.32 Å². The van der Waals surface area contributed by atoms with Gasteiger partial charge in [0, 0.05) is 24.4 Å². The minimum Gasteiger partial charge on any atom is -0.407 e. The van der Waals surface area contributed by atoms with Crippen LogP contribution in [0.3, 0.4) is 0 Å². The predicted molar refractivity (Wildman–Crippen MR) is 133 cm³/mol. The summed E-state index contributed by atoms with van der Waals surface area (Å²) in [7, 11) is -2.64. The molecule has 0 spiro atoms. The summed E-state index contributed by atoms with van der Waals surface area (Å²) in [5.74, 6) is -0.469. The van der Waals surface area contributed by atoms with Crippen molar-refractivity contribution in [3.8, 4) is 0 Å². The number of hydrogen-bond donors (Lipinski definition) is 2. The van der Waals surface area contributed by atoms with Gasteiger partial charge in [-0.05, 0) is 15.4 Å². The van der Waals surface area contributed by atoms with E-state index in [-0.39, 0.29) is 22.8 Å². The lowest BCUT2D eigenvalue weighted by atomic mass is 9.84. The van der Waals surface area contributed by atoms with Gasteiger partial charge in [0.1, 0.15) is 0 Å². The lowest BCUT2D eigenvalue weighted by Gasteiger charge is -2.44. The average molecular weight is 441 g/mol. The Bertz CT molecular complexity index is 761. The van der Waals surface area contributed by atoms with Gasteiger partial charge in [-0.2, -0.15) is 0 Å². The molecule has 0 aliphatic heterocycles. The fourth-order valence-corrected chi connectivity index (χ4v) is 9.12. The zero-order chi connectivity index (χ0) is 23.2. The Morgan fingerprint density at radius 3 is 1.71 bits per heavy atom. The number of aliphatic hydroxyl groups is 2. The van der Waals surface area contributed by atoms with Crippen LogP contribution in [-0.2, 0) is 4.43 Å². The molecular weight excluding hydrogens is 400 g/mol. The van der Waals surface area contributed by atoms with Crippen molar-refractivity contribution in [2.24, 2.45) is 17.8 Å². The molecule has 2 rings (SSSR count). The van der Waals surface area contributed by atoms with Crippen LogP contribution < -0.4 is 10.4 Å². The Morgan fingerprint density at radius 2 is 1.32 bits per heavy atom. The Labute approximate surface area is 189 Å². The van der Waals surface area contributed by atoms with Gasteiger partial charge in [-0.3, -0.25) is 0 Å². The molecule has 0 aromatic heterocycles. The molecule has 5 atom stereocenters. The summed E-state index contributed by atoms with van der Waals surface area (Å²) in [4.78, 5) is 0. The summed E-state index contributed by atoms with van der Waals surface area (Å²) in [5, 5.41) is 23.9. The molecule has 0 radical (unpaired) electrons. The van der Waals surface area contributed by atoms with Gasteiger partial charge < -0.3 is 14.6 Å². The van der Waals surface area contributed by atoms with E-state index in [1.807, 2.05) is 32.9 Å². The molecule has 0 saturated carbocycles. The average Bonchev–Trinajstić information content (AvgIpc) is 2.77. The van der Waals surface area contributed by atoms with E-state index in [4.69, 9.17) is 4.43 Å². The number of aliphatic hydroxyl groups excluding tert-OH is 2. The molecule has 31 heavy (non-hydrogen) atoms. The van der Waals surface area contributed by atoms with Crippen LogP contribution in [0.15, 0.2) is 73.3 Å². The largest absolute Gasteiger partial charge is 0.407 e. The first-order valence-electron chi connectivity index (χ1n) is 11.3. The molecule has 0 saturated heterocycles. The highest BCUT2D eigenvalue weighted by atomic mass is 28.4. The maximum Gasteiger partial charge on any atom is 0.261 e. The molecule has 0 fully saturated rings. The van der Waals surface area contributed by atoms with Gasteiger partial charge in [-0.15, -0.1) is 6.58 Å². The summed E-state index contributed by atoms with van der Waals surface area (Å²) < 4.78 is 6.94. The van der Waals surface area contributed by atoms with Crippen molar-refractivity contribution in [1.82, 2.24) is 0 Å². The van der Waals surface area contributed by atoms with Crippen LogP contribution in [0, 0.1) is 17.8 Å². The van der Waals surface area contributed by atoms with Crippen LogP contribution in [0.2, 0.25) is 5.04 Å². The SMILES string of the molecule is C=C[C@H](C)[C@H](O)[C@H](C)[C@@H](O)[C@H](C)CO[Si](c1ccccc1)(c1ccccc1)C(C)(C)C. The Morgan fingerprint density at radius 1 is 0.871 bits per heavy atom. The molecule has 3 nitrogen and oxygen atoms in total. The maximum atomic E-state index is 11.0. The molecule has 2 aromatic rings. The molecule has 0 heterocycles. The Hall–Kier alpha value is -1.72. The van der Waals surface area contributed by atoms with Crippen LogP contribution in [0.4, 0.5) is 0 Å². The molecule has 0 bridgehead atoms. The van der Waals surface area contributed by atoms with Crippen molar-refractivity contribution in [3.05, 3.63) is 73.3 Å². The second-order valence-corrected chi connectivity index (χ2v) is 14.2. The lowest BCUT2D eigenvalue weighted by molar-refractivity contribution is -0.0296. The summed E-state index contributed by atoms with van der Waals surface area (Å²) >= 11 is 0. The maximum absolute atomic E-state index is 11.0. The second-order valence-electron chi connectivity index (χ2n) is 9.89. The monoisotopic (exact) mass is 440 g/mol. The standard InChI is InChI=1S/C27H40O3Si/c1-8-20(2)25(28)22(4)26(29)21(3)19-30-31(27(5,6)7,23-15-11-9-12-16-23)24-17-13-10-14-18-24/h8-18,20-22,25-26,28-29H,1,19H2,2-7H3/t20-,21+,22-,25-,26-/m0/s1. The Kier molecular flexibility index (Phi) is 8.84. The number of rotatable bonds is 10. The molecule has 0 unspecified atom stereocenters. The highest BCUT2D eigenvalue weighted by Crippen LogP contribution is 2.37. The normalized spacial score (nSPS) is 17.4. The van der Waals surface area contributed by atoms with E-state index >= 15 is 0 Å². The third kappa shape index (κ3) is 5.56. The fourth-order valence-electron chi connectivity index (χ4n) is 4.46. The fraction of sp³-hybridized carbons (Fsp3) is 0.481. The van der Waals surface area contributed by atoms with Crippen molar-refractivity contribution < 1.29 is 14.6 Å². The van der Waals surface area contributed by atoms with E-state index in [9.17, 15) is 10.2 Å². The van der Waals surface area contributed by atoms with Crippen LogP contribution in [0.5, 0.6) is 0 Å². The molecule has 0 aliphatic rings. The predicted octanol–water partition coefficient (Wildman–Crippen LogP) is 4.38. The van der Waals surface area contributed by atoms with E-state index in [1.165, 1.54) is 10.4 Å². The minimum atomic E-state index is -2.64. The summed E-state index contributed by atoms with van der Waals surface area (Å²) in [5.41, 5.74) is 0. The van der Waals surface area contributed by atoms with E-state index in [1.54, 1.807) is 6.08 Å². The minimum absolute atomic E-state index is 0.0746. The highest BCUT2D eigenvalue weighted by molar-refractivity contribution is 6.99. The molecule has 4 heteroatoms. The quantitative estimate of drug-likeness (QED) is 0.426. The number of hydrogen-bond acceptors (Lipinski definition) is 3. The van der Waals surface area contributed by atoms with Crippen LogP contribution >= 0.6 is 0 Å². The molecule has 2 aromatic carbocycles. The van der Waals surface area contributed by atoms with Gasteiger partial charge in [0.15, 0.2) is 0 Å². The van der Waals surface area contributed by atoms with Crippen molar-refractivity contribution in [2.45, 2.75) is 58.8 Å². The van der Waals surface area contributed by atoms with Gasteiger partial charge in [-0.1, -0.05) is 108 Å². The highest BCUT2D eigenvalue weighted by Gasteiger charge is 2.50. The van der Waals surface area contributed by atoms with E-state index in [0.717, 1.165) is 0 Å². The number of benzene rings is 2. The molecule has 0 amide bonds. The van der Waals surface area contributed by atoms with Crippen molar-refractivity contribution in [2.75, 3.05) is 6.61 Å². The third-order valence-electron chi connectivity index (χ3n) is 6.55. The lowest BCUT2D eigenvalue weighted by Crippen LogP contribution is -2.67. The summed E-state index contributed by atoms with van der Waals surface area (Å²) in [6, 6.07) is 21.0. The first kappa shape index (κ1) is 25.5.